The lowest BCUT2D eigenvalue weighted by molar-refractivity contribution is -0.140. The van der Waals surface area contributed by atoms with Crippen molar-refractivity contribution in [2.24, 2.45) is 7.05 Å². The quantitative estimate of drug-likeness (QED) is 0.598. The Morgan fingerprint density at radius 3 is 2.96 bits per heavy atom. The first-order valence-corrected chi connectivity index (χ1v) is 9.27. The molecule has 134 valence electrons. The third kappa shape index (κ3) is 3.78. The zero-order valence-corrected chi connectivity index (χ0v) is 15.6. The summed E-state index contributed by atoms with van der Waals surface area (Å²) in [6.07, 6.45) is 0. The van der Waals surface area contributed by atoms with Gasteiger partial charge in [-0.1, -0.05) is 12.1 Å². The summed E-state index contributed by atoms with van der Waals surface area (Å²) in [4.78, 5) is 13.9. The summed E-state index contributed by atoms with van der Waals surface area (Å²) >= 11 is 7.04. The minimum Gasteiger partial charge on any atom is -0.468 e. The van der Waals surface area contributed by atoms with Crippen LogP contribution in [0.5, 0.6) is 0 Å². The van der Waals surface area contributed by atoms with Gasteiger partial charge in [0, 0.05) is 25.9 Å². The molecule has 0 aliphatic carbocycles. The van der Waals surface area contributed by atoms with Crippen LogP contribution in [0.15, 0.2) is 24.3 Å². The zero-order valence-electron chi connectivity index (χ0n) is 14.0. The van der Waals surface area contributed by atoms with Gasteiger partial charge in [-0.3, -0.25) is 9.69 Å². The minimum absolute atomic E-state index is 0.206. The van der Waals surface area contributed by atoms with Crippen molar-refractivity contribution in [3.05, 3.63) is 34.9 Å². The van der Waals surface area contributed by atoms with Crippen LogP contribution in [0.2, 0.25) is 0 Å². The smallest absolute Gasteiger partial charge is 0.320 e. The number of aromatic nitrogens is 3. The number of rotatable bonds is 4. The van der Waals surface area contributed by atoms with Crippen LogP contribution in [-0.2, 0) is 23.2 Å². The highest BCUT2D eigenvalue weighted by Crippen LogP contribution is 2.23. The molecule has 1 aromatic carbocycles. The highest BCUT2D eigenvalue weighted by atomic mass is 32.2. The SMILES string of the molecule is COC(=O)[C@@H]1CN(Cn2nc(-c3ccccc3F)n(C)c2=S)CCS1. The predicted molar refractivity (Wildman–Crippen MR) is 97.3 cm³/mol. The molecule has 0 spiro atoms. The maximum Gasteiger partial charge on any atom is 0.320 e. The number of halogens is 1. The fourth-order valence-corrected chi connectivity index (χ4v) is 4.13. The monoisotopic (exact) mass is 382 g/mol. The van der Waals surface area contributed by atoms with Crippen LogP contribution in [-0.4, -0.2) is 56.4 Å². The topological polar surface area (TPSA) is 52.3 Å². The molecule has 1 aliphatic heterocycles. The van der Waals surface area contributed by atoms with Gasteiger partial charge in [-0.25, -0.2) is 9.07 Å². The van der Waals surface area contributed by atoms with Gasteiger partial charge in [-0.2, -0.15) is 5.10 Å². The minimum atomic E-state index is -0.335. The van der Waals surface area contributed by atoms with Crippen LogP contribution in [0.1, 0.15) is 0 Å². The Morgan fingerprint density at radius 2 is 2.24 bits per heavy atom. The van der Waals surface area contributed by atoms with Crippen molar-refractivity contribution < 1.29 is 13.9 Å². The summed E-state index contributed by atoms with van der Waals surface area (Å²) in [6, 6.07) is 6.49. The molecule has 1 aliphatic rings. The molecule has 0 unspecified atom stereocenters. The number of hydrogen-bond acceptors (Lipinski definition) is 6. The number of carbonyl (C=O) groups excluding carboxylic acids is 1. The lowest BCUT2D eigenvalue weighted by atomic mass is 10.2. The number of esters is 1. The summed E-state index contributed by atoms with van der Waals surface area (Å²) in [5.74, 6) is 0.767. The van der Waals surface area contributed by atoms with E-state index in [4.69, 9.17) is 17.0 Å². The van der Waals surface area contributed by atoms with Gasteiger partial charge in [-0.15, -0.1) is 11.8 Å². The first-order chi connectivity index (χ1) is 12.0. The summed E-state index contributed by atoms with van der Waals surface area (Å²) in [5.41, 5.74) is 0.413. The van der Waals surface area contributed by atoms with Crippen LogP contribution in [0.25, 0.3) is 11.4 Å². The maximum absolute atomic E-state index is 14.1. The van der Waals surface area contributed by atoms with Crippen molar-refractivity contribution in [1.29, 1.82) is 0 Å². The molecule has 0 bridgehead atoms. The molecule has 0 amide bonds. The molecule has 1 aromatic heterocycles. The van der Waals surface area contributed by atoms with Crippen molar-refractivity contribution in [3.8, 4) is 11.4 Å². The van der Waals surface area contributed by atoms with Crippen LogP contribution >= 0.6 is 24.0 Å². The Hall–Kier alpha value is -1.71. The average molecular weight is 382 g/mol. The van der Waals surface area contributed by atoms with E-state index in [1.54, 1.807) is 46.3 Å². The third-order valence-electron chi connectivity index (χ3n) is 4.10. The van der Waals surface area contributed by atoms with Crippen molar-refractivity contribution in [3.63, 3.8) is 0 Å². The van der Waals surface area contributed by atoms with E-state index in [-0.39, 0.29) is 17.0 Å². The van der Waals surface area contributed by atoms with E-state index in [2.05, 4.69) is 10.00 Å². The van der Waals surface area contributed by atoms with Gasteiger partial charge in [0.05, 0.1) is 19.3 Å². The summed E-state index contributed by atoms with van der Waals surface area (Å²) in [6.45, 7) is 1.85. The third-order valence-corrected chi connectivity index (χ3v) is 5.75. The second-order valence-corrected chi connectivity index (χ2v) is 7.42. The summed E-state index contributed by atoms with van der Waals surface area (Å²) < 4.78 is 22.8. The molecular weight excluding hydrogens is 363 g/mol. The maximum atomic E-state index is 14.1. The first-order valence-electron chi connectivity index (χ1n) is 7.81. The lowest BCUT2D eigenvalue weighted by Gasteiger charge is -2.30. The molecule has 0 N–H and O–H groups in total. The Labute approximate surface area is 154 Å². The molecule has 9 heteroatoms. The largest absolute Gasteiger partial charge is 0.468 e. The standard InChI is InChI=1S/C16H19FN4O2S2/c1-19-14(11-5-3-4-6-12(11)17)18-21(16(19)24)10-20-7-8-25-13(9-20)15(22)23-2/h3-6,13H,7-10H2,1-2H3/t13-/m0/s1. The molecule has 6 nitrogen and oxygen atoms in total. The van der Waals surface area contributed by atoms with Gasteiger partial charge in [0.2, 0.25) is 0 Å². The van der Waals surface area contributed by atoms with Gasteiger partial charge in [0.25, 0.3) is 0 Å². The number of thioether (sulfide) groups is 1. The van der Waals surface area contributed by atoms with E-state index < -0.39 is 0 Å². The molecule has 3 rings (SSSR count). The average Bonchev–Trinajstić information content (AvgIpc) is 2.90. The molecule has 2 aromatic rings. The Kier molecular flexibility index (Phi) is 5.55. The van der Waals surface area contributed by atoms with Gasteiger partial charge >= 0.3 is 5.97 Å². The van der Waals surface area contributed by atoms with Gasteiger partial charge < -0.3 is 9.30 Å². The fraction of sp³-hybridized carbons (Fsp3) is 0.438. The molecule has 0 radical (unpaired) electrons. The van der Waals surface area contributed by atoms with Crippen molar-refractivity contribution in [2.45, 2.75) is 11.9 Å². The molecule has 1 atom stereocenters. The number of methoxy groups -OCH3 is 1. The van der Waals surface area contributed by atoms with Crippen LogP contribution in [0, 0.1) is 10.6 Å². The molecule has 1 saturated heterocycles. The second kappa shape index (κ2) is 7.67. The number of benzene rings is 1. The van der Waals surface area contributed by atoms with E-state index in [0.29, 0.717) is 29.4 Å². The van der Waals surface area contributed by atoms with Crippen LogP contribution in [0.3, 0.4) is 0 Å². The first kappa shape index (κ1) is 18.1. The lowest BCUT2D eigenvalue weighted by Crippen LogP contribution is -2.42. The molecule has 0 saturated carbocycles. The van der Waals surface area contributed by atoms with E-state index in [9.17, 15) is 9.18 Å². The predicted octanol–water partition coefficient (Wildman–Crippen LogP) is 2.31. The molecule has 2 heterocycles. The van der Waals surface area contributed by atoms with Crippen molar-refractivity contribution >= 4 is 29.9 Å². The van der Waals surface area contributed by atoms with E-state index in [1.807, 2.05) is 0 Å². The van der Waals surface area contributed by atoms with Crippen molar-refractivity contribution in [1.82, 2.24) is 19.2 Å². The Balaban J connectivity index is 1.82. The molecular formula is C16H19FN4O2S2. The summed E-state index contributed by atoms with van der Waals surface area (Å²) in [5, 5.41) is 4.29. The normalized spacial score (nSPS) is 18.3. The van der Waals surface area contributed by atoms with Gasteiger partial charge in [0.1, 0.15) is 11.1 Å². The Morgan fingerprint density at radius 1 is 1.48 bits per heavy atom. The zero-order chi connectivity index (χ0) is 18.0. The van der Waals surface area contributed by atoms with Crippen LogP contribution in [0.4, 0.5) is 4.39 Å². The highest BCUT2D eigenvalue weighted by molar-refractivity contribution is 8.00. The van der Waals surface area contributed by atoms with Crippen LogP contribution < -0.4 is 0 Å². The van der Waals surface area contributed by atoms with E-state index >= 15 is 0 Å². The van der Waals surface area contributed by atoms with Gasteiger partial charge in [0.15, 0.2) is 10.6 Å². The van der Waals surface area contributed by atoms with E-state index in [0.717, 1.165) is 12.3 Å². The summed E-state index contributed by atoms with van der Waals surface area (Å²) in [7, 11) is 3.17. The Bertz CT molecular complexity index is 836. The molecule has 25 heavy (non-hydrogen) atoms. The second-order valence-electron chi connectivity index (χ2n) is 5.75. The number of carbonyl (C=O) groups is 1. The number of nitrogens with zero attached hydrogens (tertiary/aromatic N) is 4. The van der Waals surface area contributed by atoms with Gasteiger partial charge in [-0.05, 0) is 24.4 Å². The number of hydrogen-bond donors (Lipinski definition) is 0. The van der Waals surface area contributed by atoms with Crippen molar-refractivity contribution in [2.75, 3.05) is 26.0 Å². The molecule has 1 fully saturated rings. The van der Waals surface area contributed by atoms with E-state index in [1.165, 1.54) is 13.2 Å². The number of ether oxygens (including phenoxy) is 1. The highest BCUT2D eigenvalue weighted by Gasteiger charge is 2.27. The fourth-order valence-electron chi connectivity index (χ4n) is 2.75.